The van der Waals surface area contributed by atoms with E-state index in [1.807, 2.05) is 0 Å². The lowest BCUT2D eigenvalue weighted by Crippen LogP contribution is -2.21. The Balaban J connectivity index is 1.78. The van der Waals surface area contributed by atoms with Gasteiger partial charge < -0.3 is 5.32 Å². The molecular formula is C13H19N5S. The summed E-state index contributed by atoms with van der Waals surface area (Å²) in [5.74, 6) is 0.700. The molecule has 2 aromatic heterocycles. The van der Waals surface area contributed by atoms with E-state index in [9.17, 15) is 0 Å². The molecule has 19 heavy (non-hydrogen) atoms. The summed E-state index contributed by atoms with van der Waals surface area (Å²) in [5.41, 5.74) is 0.934. The molecule has 0 aliphatic heterocycles. The van der Waals surface area contributed by atoms with Crippen molar-refractivity contribution in [2.45, 2.75) is 26.7 Å². The Kier molecular flexibility index (Phi) is 5.35. The van der Waals surface area contributed by atoms with Gasteiger partial charge in [-0.15, -0.1) is 10.2 Å². The van der Waals surface area contributed by atoms with Crippen molar-refractivity contribution in [1.29, 1.82) is 0 Å². The van der Waals surface area contributed by atoms with E-state index in [0.29, 0.717) is 5.92 Å². The van der Waals surface area contributed by atoms with E-state index in [4.69, 9.17) is 0 Å². The third-order valence-electron chi connectivity index (χ3n) is 2.57. The van der Waals surface area contributed by atoms with Gasteiger partial charge in [0.15, 0.2) is 5.01 Å². The molecule has 1 N–H and O–H groups in total. The molecule has 2 rings (SSSR count). The molecule has 0 aromatic carbocycles. The van der Waals surface area contributed by atoms with Gasteiger partial charge in [0.05, 0.1) is 0 Å². The number of nitrogens with one attached hydrogen (secondary N) is 1. The molecule has 0 spiro atoms. The van der Waals surface area contributed by atoms with Crippen molar-refractivity contribution in [3.8, 4) is 10.6 Å². The molecule has 0 saturated heterocycles. The van der Waals surface area contributed by atoms with Crippen molar-refractivity contribution in [1.82, 2.24) is 25.5 Å². The Hall–Kier alpha value is -1.40. The van der Waals surface area contributed by atoms with E-state index in [1.54, 1.807) is 23.7 Å². The molecule has 2 aromatic rings. The molecule has 0 atom stereocenters. The van der Waals surface area contributed by atoms with E-state index in [2.05, 4.69) is 39.3 Å². The smallest absolute Gasteiger partial charge is 0.150 e. The Labute approximate surface area is 117 Å². The van der Waals surface area contributed by atoms with Crippen LogP contribution in [0.4, 0.5) is 0 Å². The highest BCUT2D eigenvalue weighted by molar-refractivity contribution is 7.14. The minimum absolute atomic E-state index is 0.700. The van der Waals surface area contributed by atoms with Gasteiger partial charge >= 0.3 is 0 Å². The summed E-state index contributed by atoms with van der Waals surface area (Å²) in [6, 6.07) is 0. The molecule has 6 heteroatoms. The molecule has 2 heterocycles. The molecule has 5 nitrogen and oxygen atoms in total. The van der Waals surface area contributed by atoms with Crippen LogP contribution in [0.3, 0.4) is 0 Å². The van der Waals surface area contributed by atoms with Crippen molar-refractivity contribution in [2.75, 3.05) is 13.1 Å². The van der Waals surface area contributed by atoms with Crippen LogP contribution in [0.15, 0.2) is 18.7 Å². The molecule has 0 aliphatic rings. The zero-order valence-electron chi connectivity index (χ0n) is 11.3. The van der Waals surface area contributed by atoms with Gasteiger partial charge in [-0.25, -0.2) is 9.97 Å². The van der Waals surface area contributed by atoms with Crippen LogP contribution in [0.5, 0.6) is 0 Å². The fourth-order valence-corrected chi connectivity index (χ4v) is 2.49. The van der Waals surface area contributed by atoms with Crippen LogP contribution in [0.2, 0.25) is 0 Å². The summed E-state index contributed by atoms with van der Waals surface area (Å²) >= 11 is 1.62. The predicted octanol–water partition coefficient (Wildman–Crippen LogP) is 2.17. The number of rotatable bonds is 7. The zero-order chi connectivity index (χ0) is 13.5. The van der Waals surface area contributed by atoms with Crippen molar-refractivity contribution < 1.29 is 0 Å². The summed E-state index contributed by atoms with van der Waals surface area (Å²) in [6.45, 7) is 6.53. The van der Waals surface area contributed by atoms with Crippen LogP contribution in [0.25, 0.3) is 10.6 Å². The molecule has 0 radical (unpaired) electrons. The Bertz CT molecular complexity index is 483. The molecule has 0 unspecified atom stereocenters. The fraction of sp³-hybridized carbons (Fsp3) is 0.538. The second kappa shape index (κ2) is 7.25. The molecule has 0 aliphatic carbocycles. The lowest BCUT2D eigenvalue weighted by molar-refractivity contribution is 0.542. The maximum atomic E-state index is 4.21. The average molecular weight is 277 g/mol. The molecule has 0 amide bonds. The van der Waals surface area contributed by atoms with E-state index in [0.717, 1.165) is 41.5 Å². The quantitative estimate of drug-likeness (QED) is 0.786. The van der Waals surface area contributed by atoms with Crippen LogP contribution in [-0.2, 0) is 6.42 Å². The Morgan fingerprint density at radius 1 is 1.21 bits per heavy atom. The summed E-state index contributed by atoms with van der Waals surface area (Å²) in [4.78, 5) is 7.98. The zero-order valence-corrected chi connectivity index (χ0v) is 12.2. The van der Waals surface area contributed by atoms with E-state index in [1.165, 1.54) is 6.33 Å². The summed E-state index contributed by atoms with van der Waals surface area (Å²) < 4.78 is 0. The molecular weight excluding hydrogens is 258 g/mol. The van der Waals surface area contributed by atoms with Crippen molar-refractivity contribution in [2.24, 2.45) is 5.92 Å². The number of aromatic nitrogens is 4. The molecule has 0 bridgehead atoms. The van der Waals surface area contributed by atoms with Gasteiger partial charge in [-0.1, -0.05) is 25.2 Å². The Morgan fingerprint density at radius 3 is 2.74 bits per heavy atom. The number of hydrogen-bond acceptors (Lipinski definition) is 6. The van der Waals surface area contributed by atoms with E-state index in [-0.39, 0.29) is 0 Å². The second-order valence-electron chi connectivity index (χ2n) is 4.83. The molecule has 102 valence electrons. The van der Waals surface area contributed by atoms with Gasteiger partial charge in [-0.2, -0.15) is 0 Å². The summed E-state index contributed by atoms with van der Waals surface area (Å²) in [6.07, 6.45) is 7.11. The SMILES string of the molecule is CC(C)CNCCCc1nnc(-c2cncnc2)s1. The Morgan fingerprint density at radius 2 is 2.00 bits per heavy atom. The minimum atomic E-state index is 0.700. The largest absolute Gasteiger partial charge is 0.316 e. The number of aryl methyl sites for hydroxylation is 1. The lowest BCUT2D eigenvalue weighted by Gasteiger charge is -2.05. The maximum absolute atomic E-state index is 4.21. The third-order valence-corrected chi connectivity index (χ3v) is 3.60. The highest BCUT2D eigenvalue weighted by Gasteiger charge is 2.06. The van der Waals surface area contributed by atoms with E-state index >= 15 is 0 Å². The normalized spacial score (nSPS) is 11.1. The van der Waals surface area contributed by atoms with Crippen LogP contribution in [-0.4, -0.2) is 33.3 Å². The number of nitrogens with zero attached hydrogens (tertiary/aromatic N) is 4. The summed E-state index contributed by atoms with van der Waals surface area (Å²) in [7, 11) is 0. The van der Waals surface area contributed by atoms with Gasteiger partial charge in [-0.3, -0.25) is 0 Å². The van der Waals surface area contributed by atoms with Crippen LogP contribution < -0.4 is 5.32 Å². The monoisotopic (exact) mass is 277 g/mol. The van der Waals surface area contributed by atoms with Gasteiger partial charge in [-0.05, 0) is 25.4 Å². The van der Waals surface area contributed by atoms with Gasteiger partial charge in [0.1, 0.15) is 11.3 Å². The number of hydrogen-bond donors (Lipinski definition) is 1. The van der Waals surface area contributed by atoms with Crippen LogP contribution in [0, 0.1) is 5.92 Å². The highest BCUT2D eigenvalue weighted by Crippen LogP contribution is 2.22. The first-order valence-corrected chi connectivity index (χ1v) is 7.36. The first kappa shape index (κ1) is 14.0. The molecule has 0 fully saturated rings. The van der Waals surface area contributed by atoms with Crippen LogP contribution >= 0.6 is 11.3 Å². The minimum Gasteiger partial charge on any atom is -0.316 e. The predicted molar refractivity (Wildman–Crippen MR) is 77.0 cm³/mol. The van der Waals surface area contributed by atoms with Crippen molar-refractivity contribution in [3.05, 3.63) is 23.7 Å². The average Bonchev–Trinajstić information content (AvgIpc) is 2.88. The fourth-order valence-electron chi connectivity index (χ4n) is 1.64. The first-order chi connectivity index (χ1) is 9.25. The topological polar surface area (TPSA) is 63.6 Å². The van der Waals surface area contributed by atoms with Crippen LogP contribution in [0.1, 0.15) is 25.3 Å². The lowest BCUT2D eigenvalue weighted by atomic mass is 10.2. The standard InChI is InChI=1S/C13H19N5S/c1-10(2)6-14-5-3-4-12-17-18-13(19-12)11-7-15-9-16-8-11/h7-10,14H,3-6H2,1-2H3. The van der Waals surface area contributed by atoms with Gasteiger partial charge in [0.2, 0.25) is 0 Å². The third kappa shape index (κ3) is 4.65. The summed E-state index contributed by atoms with van der Waals surface area (Å²) in [5, 5.41) is 13.8. The second-order valence-corrected chi connectivity index (χ2v) is 5.89. The molecule has 0 saturated carbocycles. The van der Waals surface area contributed by atoms with Crippen molar-refractivity contribution >= 4 is 11.3 Å². The van der Waals surface area contributed by atoms with Crippen molar-refractivity contribution in [3.63, 3.8) is 0 Å². The highest BCUT2D eigenvalue weighted by atomic mass is 32.1. The van der Waals surface area contributed by atoms with E-state index < -0.39 is 0 Å². The first-order valence-electron chi connectivity index (χ1n) is 6.54. The van der Waals surface area contributed by atoms with Gasteiger partial charge in [0.25, 0.3) is 0 Å². The maximum Gasteiger partial charge on any atom is 0.150 e. The van der Waals surface area contributed by atoms with Gasteiger partial charge in [0, 0.05) is 24.4 Å².